The maximum Gasteiger partial charge on any atom is 0.150 e. The van der Waals surface area contributed by atoms with Gasteiger partial charge < -0.3 is 5.11 Å². The molecule has 1 aromatic carbocycles. The second kappa shape index (κ2) is 6.23. The van der Waals surface area contributed by atoms with Crippen molar-refractivity contribution in [2.75, 3.05) is 0 Å². The summed E-state index contributed by atoms with van der Waals surface area (Å²) in [6, 6.07) is 6.19. The van der Waals surface area contributed by atoms with Gasteiger partial charge in [-0.15, -0.1) is 0 Å². The van der Waals surface area contributed by atoms with Crippen molar-refractivity contribution in [3.8, 4) is 5.75 Å². The molecule has 2 nitrogen and oxygen atoms in total. The third-order valence-corrected chi connectivity index (χ3v) is 1.01. The first-order valence-electron chi connectivity index (χ1n) is 4.30. The van der Waals surface area contributed by atoms with Crippen molar-refractivity contribution < 1.29 is 9.90 Å². The lowest BCUT2D eigenvalue weighted by Gasteiger charge is -1.89. The fraction of sp³-hybridized carbons (Fsp3) is 0.364. The van der Waals surface area contributed by atoms with Crippen molar-refractivity contribution >= 4 is 6.29 Å². The van der Waals surface area contributed by atoms with Crippen molar-refractivity contribution in [3.63, 3.8) is 0 Å². The van der Waals surface area contributed by atoms with Crippen molar-refractivity contribution in [2.24, 2.45) is 5.92 Å². The molecule has 0 aromatic heterocycles. The summed E-state index contributed by atoms with van der Waals surface area (Å²) in [6.07, 6.45) is 0.694. The molecule has 0 aliphatic heterocycles. The van der Waals surface area contributed by atoms with Gasteiger partial charge in [-0.1, -0.05) is 32.9 Å². The molecular weight excluding hydrogens is 164 g/mol. The first kappa shape index (κ1) is 11.7. The van der Waals surface area contributed by atoms with Crippen LogP contribution in [0.1, 0.15) is 31.1 Å². The maximum absolute atomic E-state index is 10.0. The highest BCUT2D eigenvalue weighted by molar-refractivity contribution is 5.75. The van der Waals surface area contributed by atoms with Crippen molar-refractivity contribution in [3.05, 3.63) is 29.8 Å². The van der Waals surface area contributed by atoms with E-state index < -0.39 is 0 Å². The molecule has 0 fully saturated rings. The van der Waals surface area contributed by atoms with Crippen LogP contribution in [-0.4, -0.2) is 11.4 Å². The zero-order valence-electron chi connectivity index (χ0n) is 8.32. The van der Waals surface area contributed by atoms with E-state index >= 15 is 0 Å². The Bertz CT molecular complexity index is 251. The smallest absolute Gasteiger partial charge is 0.150 e. The monoisotopic (exact) mass is 180 g/mol. The number of phenolic OH excluding ortho intramolecular Hbond substituents is 1. The quantitative estimate of drug-likeness (QED) is 0.675. The highest BCUT2D eigenvalue weighted by Gasteiger charge is 1.88. The second-order valence-electron chi connectivity index (χ2n) is 3.44. The second-order valence-corrected chi connectivity index (χ2v) is 3.44. The molecule has 1 rings (SSSR count). The maximum atomic E-state index is 10.0. The van der Waals surface area contributed by atoms with Gasteiger partial charge in [-0.25, -0.2) is 0 Å². The summed E-state index contributed by atoms with van der Waals surface area (Å²) in [7, 11) is 0. The predicted molar refractivity (Wildman–Crippen MR) is 54.0 cm³/mol. The molecule has 0 amide bonds. The normalized spacial score (nSPS) is 8.92. The number of phenols is 1. The van der Waals surface area contributed by atoms with E-state index in [1.807, 2.05) is 0 Å². The van der Waals surface area contributed by atoms with Gasteiger partial charge >= 0.3 is 0 Å². The highest BCUT2D eigenvalue weighted by Crippen LogP contribution is 2.07. The van der Waals surface area contributed by atoms with Crippen LogP contribution in [0.4, 0.5) is 0 Å². The lowest BCUT2D eigenvalue weighted by atomic mass is 10.2. The average Bonchev–Trinajstić information content (AvgIpc) is 2.03. The van der Waals surface area contributed by atoms with E-state index in [1.54, 1.807) is 12.1 Å². The molecule has 0 saturated carbocycles. The fourth-order valence-corrected chi connectivity index (χ4v) is 0.598. The van der Waals surface area contributed by atoms with E-state index in [0.717, 1.165) is 5.92 Å². The molecule has 13 heavy (non-hydrogen) atoms. The van der Waals surface area contributed by atoms with Crippen molar-refractivity contribution in [2.45, 2.75) is 20.8 Å². The van der Waals surface area contributed by atoms with Gasteiger partial charge in [0.2, 0.25) is 0 Å². The van der Waals surface area contributed by atoms with Gasteiger partial charge in [0.25, 0.3) is 0 Å². The molecule has 2 heteroatoms. The number of hydrogen-bond donors (Lipinski definition) is 1. The number of carbonyl (C=O) groups excluding carboxylic acids is 1. The Morgan fingerprint density at radius 3 is 2.15 bits per heavy atom. The van der Waals surface area contributed by atoms with Gasteiger partial charge in [0.15, 0.2) is 0 Å². The molecule has 0 unspecified atom stereocenters. The molecule has 0 bridgehead atoms. The van der Waals surface area contributed by atoms with Crippen molar-refractivity contribution in [1.29, 1.82) is 0 Å². The fourth-order valence-electron chi connectivity index (χ4n) is 0.598. The molecule has 0 radical (unpaired) electrons. The molecule has 0 saturated heterocycles. The van der Waals surface area contributed by atoms with Crippen molar-refractivity contribution in [1.82, 2.24) is 0 Å². The summed E-state index contributed by atoms with van der Waals surface area (Å²) in [5.74, 6) is 0.958. The molecule has 72 valence electrons. The van der Waals surface area contributed by atoms with Gasteiger partial charge in [0.1, 0.15) is 12.0 Å². The summed E-state index contributed by atoms with van der Waals surface area (Å²) in [6.45, 7) is 6.50. The Morgan fingerprint density at radius 1 is 1.31 bits per heavy atom. The number of hydrogen-bond acceptors (Lipinski definition) is 2. The van der Waals surface area contributed by atoms with Crippen LogP contribution in [0, 0.1) is 5.92 Å². The molecule has 1 N–H and O–H groups in total. The zero-order chi connectivity index (χ0) is 10.3. The topological polar surface area (TPSA) is 37.3 Å². The first-order chi connectivity index (χ1) is 6.06. The average molecular weight is 180 g/mol. The Balaban J connectivity index is 0.000000310. The van der Waals surface area contributed by atoms with Gasteiger partial charge in [-0.05, 0) is 18.1 Å². The summed E-state index contributed by atoms with van der Waals surface area (Å²) in [5.41, 5.74) is 0.495. The predicted octanol–water partition coefficient (Wildman–Crippen LogP) is 2.87. The van der Waals surface area contributed by atoms with E-state index in [0.29, 0.717) is 11.8 Å². The van der Waals surface area contributed by atoms with E-state index in [2.05, 4.69) is 20.8 Å². The number of aromatic hydroxyl groups is 1. The Hall–Kier alpha value is -1.31. The minimum Gasteiger partial charge on any atom is -0.508 e. The molecule has 0 heterocycles. The minimum atomic E-state index is 0.125. The van der Waals surface area contributed by atoms with Crippen LogP contribution in [0.5, 0.6) is 5.75 Å². The molecule has 0 aliphatic rings. The van der Waals surface area contributed by atoms with Crippen LogP contribution < -0.4 is 0 Å². The van der Waals surface area contributed by atoms with Crippen LogP contribution in [0.3, 0.4) is 0 Å². The molecule has 1 aromatic rings. The number of carbonyl (C=O) groups is 1. The van der Waals surface area contributed by atoms with E-state index in [-0.39, 0.29) is 5.75 Å². The Kier molecular flexibility index (Phi) is 5.60. The van der Waals surface area contributed by atoms with Gasteiger partial charge in [-0.2, -0.15) is 0 Å². The van der Waals surface area contributed by atoms with Crippen LogP contribution in [0.15, 0.2) is 24.3 Å². The first-order valence-corrected chi connectivity index (χ1v) is 4.30. The lowest BCUT2D eigenvalue weighted by Crippen LogP contribution is -1.75. The Morgan fingerprint density at radius 2 is 1.85 bits per heavy atom. The Labute approximate surface area is 79.2 Å². The number of benzene rings is 1. The third kappa shape index (κ3) is 7.06. The van der Waals surface area contributed by atoms with Gasteiger partial charge in [-0.3, -0.25) is 4.79 Å². The zero-order valence-corrected chi connectivity index (χ0v) is 8.32. The van der Waals surface area contributed by atoms with Gasteiger partial charge in [0, 0.05) is 5.56 Å². The van der Waals surface area contributed by atoms with Gasteiger partial charge in [0.05, 0.1) is 0 Å². The third-order valence-electron chi connectivity index (χ3n) is 1.01. The van der Waals surface area contributed by atoms with E-state index in [4.69, 9.17) is 5.11 Å². The number of aldehydes is 1. The molecule has 0 atom stereocenters. The van der Waals surface area contributed by atoms with E-state index in [9.17, 15) is 4.79 Å². The molecule has 0 aliphatic carbocycles. The van der Waals surface area contributed by atoms with Crippen LogP contribution >= 0.6 is 0 Å². The summed E-state index contributed by atoms with van der Waals surface area (Å²) >= 11 is 0. The lowest BCUT2D eigenvalue weighted by molar-refractivity contribution is 0.112. The molecular formula is C11H16O2. The summed E-state index contributed by atoms with van der Waals surface area (Å²) < 4.78 is 0. The highest BCUT2D eigenvalue weighted by atomic mass is 16.3. The summed E-state index contributed by atoms with van der Waals surface area (Å²) in [5, 5.41) is 8.79. The standard InChI is InChI=1S/C7H6O2.C4H10/c8-5-6-2-1-3-7(9)4-6;1-4(2)3/h1-5,9H;4H,1-3H3. The van der Waals surface area contributed by atoms with E-state index in [1.165, 1.54) is 12.1 Å². The summed E-state index contributed by atoms with van der Waals surface area (Å²) in [4.78, 5) is 10.0. The largest absolute Gasteiger partial charge is 0.508 e. The molecule has 0 spiro atoms. The minimum absolute atomic E-state index is 0.125. The van der Waals surface area contributed by atoms with Crippen LogP contribution in [0.25, 0.3) is 0 Å². The number of rotatable bonds is 1. The van der Waals surface area contributed by atoms with Crippen LogP contribution in [0.2, 0.25) is 0 Å². The SMILES string of the molecule is CC(C)C.O=Cc1cccc(O)c1. The van der Waals surface area contributed by atoms with Crippen LogP contribution in [-0.2, 0) is 0 Å².